The van der Waals surface area contributed by atoms with Gasteiger partial charge in [-0.3, -0.25) is 10.1 Å². The van der Waals surface area contributed by atoms with Crippen molar-refractivity contribution in [2.45, 2.75) is 25.7 Å². The van der Waals surface area contributed by atoms with Crippen LogP contribution in [0.15, 0.2) is 30.3 Å². The minimum atomic E-state index is -0.371. The molecule has 1 aliphatic rings. The highest BCUT2D eigenvalue weighted by Gasteiger charge is 2.11. The summed E-state index contributed by atoms with van der Waals surface area (Å²) in [5.41, 5.74) is 1.19. The van der Waals surface area contributed by atoms with Crippen LogP contribution in [-0.2, 0) is 0 Å². The lowest BCUT2D eigenvalue weighted by atomic mass is 10.1. The van der Waals surface area contributed by atoms with Gasteiger partial charge in [0.15, 0.2) is 0 Å². The fraction of sp³-hybridized carbons (Fsp3) is 0.385. The third kappa shape index (κ3) is 2.69. The number of nitro benzene ring substituents is 1. The molecule has 0 saturated heterocycles. The second kappa shape index (κ2) is 4.92. The van der Waals surface area contributed by atoms with Gasteiger partial charge in [-0.2, -0.15) is 0 Å². The van der Waals surface area contributed by atoms with Gasteiger partial charge >= 0.3 is 0 Å². The Kier molecular flexibility index (Phi) is 3.34. The van der Waals surface area contributed by atoms with E-state index in [1.807, 2.05) is 0 Å². The van der Waals surface area contributed by atoms with E-state index in [4.69, 9.17) is 0 Å². The number of benzene rings is 1. The average Bonchev–Trinajstić information content (AvgIpc) is 2.80. The number of hydrogen-bond acceptors (Lipinski definition) is 2. The Hall–Kier alpha value is -1.64. The van der Waals surface area contributed by atoms with E-state index in [0.717, 1.165) is 5.56 Å². The van der Waals surface area contributed by atoms with Gasteiger partial charge in [-0.25, -0.2) is 0 Å². The summed E-state index contributed by atoms with van der Waals surface area (Å²) in [6.45, 7) is 0. The molecule has 3 heteroatoms. The molecule has 0 radical (unpaired) electrons. The topological polar surface area (TPSA) is 43.1 Å². The van der Waals surface area contributed by atoms with Gasteiger partial charge in [-0.15, -0.1) is 0 Å². The van der Waals surface area contributed by atoms with E-state index in [9.17, 15) is 10.1 Å². The van der Waals surface area contributed by atoms with Gasteiger partial charge in [0.05, 0.1) is 4.92 Å². The van der Waals surface area contributed by atoms with Crippen LogP contribution in [0.2, 0.25) is 0 Å². The Bertz CT molecular complexity index is 389. The summed E-state index contributed by atoms with van der Waals surface area (Å²) in [6.07, 6.45) is 9.52. The Morgan fingerprint density at radius 1 is 1.19 bits per heavy atom. The van der Waals surface area contributed by atoms with E-state index in [-0.39, 0.29) is 10.6 Å². The number of nitro groups is 1. The van der Waals surface area contributed by atoms with Gasteiger partial charge in [0.1, 0.15) is 0 Å². The number of nitrogens with zero attached hydrogens (tertiary/aromatic N) is 1. The summed E-state index contributed by atoms with van der Waals surface area (Å²) in [7, 11) is 0. The van der Waals surface area contributed by atoms with E-state index < -0.39 is 0 Å². The van der Waals surface area contributed by atoms with Crippen LogP contribution < -0.4 is 0 Å². The van der Waals surface area contributed by atoms with Crippen molar-refractivity contribution in [2.75, 3.05) is 0 Å². The van der Waals surface area contributed by atoms with Crippen LogP contribution in [0.4, 0.5) is 5.69 Å². The first-order valence-electron chi connectivity index (χ1n) is 5.68. The van der Waals surface area contributed by atoms with E-state index in [0.29, 0.717) is 5.92 Å². The first-order chi connectivity index (χ1) is 7.75. The second-order valence-electron chi connectivity index (χ2n) is 4.25. The average molecular weight is 217 g/mol. The van der Waals surface area contributed by atoms with Crippen molar-refractivity contribution in [1.82, 2.24) is 0 Å². The van der Waals surface area contributed by atoms with Crippen LogP contribution in [-0.4, -0.2) is 4.92 Å². The van der Waals surface area contributed by atoms with E-state index in [1.54, 1.807) is 24.3 Å². The van der Waals surface area contributed by atoms with Crippen molar-refractivity contribution in [3.63, 3.8) is 0 Å². The summed E-state index contributed by atoms with van der Waals surface area (Å²) in [5, 5.41) is 10.5. The molecule has 1 saturated carbocycles. The Morgan fingerprint density at radius 2 is 1.81 bits per heavy atom. The van der Waals surface area contributed by atoms with Crippen molar-refractivity contribution in [3.05, 3.63) is 46.0 Å². The fourth-order valence-electron chi connectivity index (χ4n) is 2.10. The van der Waals surface area contributed by atoms with Crippen molar-refractivity contribution < 1.29 is 4.92 Å². The third-order valence-corrected chi connectivity index (χ3v) is 3.06. The monoisotopic (exact) mass is 217 g/mol. The summed E-state index contributed by atoms with van der Waals surface area (Å²) >= 11 is 0. The zero-order chi connectivity index (χ0) is 11.4. The molecule has 0 spiro atoms. The second-order valence-corrected chi connectivity index (χ2v) is 4.25. The van der Waals surface area contributed by atoms with Crippen molar-refractivity contribution in [2.24, 2.45) is 5.92 Å². The standard InChI is InChI=1S/C13H15NO2/c15-14(16)13-9-7-12(8-10-13)6-5-11-3-1-2-4-11/h5-11H,1-4H2. The van der Waals surface area contributed by atoms with Crippen molar-refractivity contribution in [1.29, 1.82) is 0 Å². The Balaban J connectivity index is 2.01. The van der Waals surface area contributed by atoms with Crippen molar-refractivity contribution >= 4 is 11.8 Å². The molecule has 0 unspecified atom stereocenters. The van der Waals surface area contributed by atoms with Crippen LogP contribution in [0.3, 0.4) is 0 Å². The van der Waals surface area contributed by atoms with Crippen LogP contribution in [0, 0.1) is 16.0 Å². The largest absolute Gasteiger partial charge is 0.269 e. The normalized spacial score (nSPS) is 17.0. The fourth-order valence-corrected chi connectivity index (χ4v) is 2.10. The molecule has 1 aromatic rings. The van der Waals surface area contributed by atoms with Gasteiger partial charge in [0.25, 0.3) is 5.69 Å². The summed E-state index contributed by atoms with van der Waals surface area (Å²) < 4.78 is 0. The van der Waals surface area contributed by atoms with Crippen LogP contribution in [0.5, 0.6) is 0 Å². The molecule has 1 fully saturated rings. The van der Waals surface area contributed by atoms with E-state index in [2.05, 4.69) is 12.2 Å². The molecule has 0 N–H and O–H groups in total. The molecule has 84 valence electrons. The number of allylic oxidation sites excluding steroid dienone is 1. The molecular formula is C13H15NO2. The quantitative estimate of drug-likeness (QED) is 0.571. The summed E-state index contributed by atoms with van der Waals surface area (Å²) in [6, 6.07) is 6.69. The summed E-state index contributed by atoms with van der Waals surface area (Å²) in [4.78, 5) is 10.1. The number of rotatable bonds is 3. The molecule has 0 bridgehead atoms. The smallest absolute Gasteiger partial charge is 0.258 e. The zero-order valence-corrected chi connectivity index (χ0v) is 9.13. The maximum Gasteiger partial charge on any atom is 0.269 e. The molecule has 1 aromatic carbocycles. The van der Waals surface area contributed by atoms with Gasteiger partial charge in [-0.1, -0.05) is 25.0 Å². The Labute approximate surface area is 94.9 Å². The molecule has 0 aromatic heterocycles. The molecule has 3 nitrogen and oxygen atoms in total. The molecule has 0 heterocycles. The minimum Gasteiger partial charge on any atom is -0.258 e. The third-order valence-electron chi connectivity index (χ3n) is 3.06. The Morgan fingerprint density at radius 3 is 2.38 bits per heavy atom. The SMILES string of the molecule is O=[N+]([O-])c1ccc(C=CC2CCCC2)cc1. The first-order valence-corrected chi connectivity index (χ1v) is 5.68. The predicted octanol–water partition coefficient (Wildman–Crippen LogP) is 3.80. The van der Waals surface area contributed by atoms with Gasteiger partial charge in [-0.05, 0) is 36.5 Å². The van der Waals surface area contributed by atoms with Crippen molar-refractivity contribution in [3.8, 4) is 0 Å². The number of hydrogen-bond donors (Lipinski definition) is 0. The zero-order valence-electron chi connectivity index (χ0n) is 9.13. The predicted molar refractivity (Wildman–Crippen MR) is 64.1 cm³/mol. The van der Waals surface area contributed by atoms with Crippen LogP contribution >= 0.6 is 0 Å². The highest BCUT2D eigenvalue weighted by Crippen LogP contribution is 2.26. The van der Waals surface area contributed by atoms with Gasteiger partial charge in [0, 0.05) is 12.1 Å². The molecule has 16 heavy (non-hydrogen) atoms. The minimum absolute atomic E-state index is 0.151. The highest BCUT2D eigenvalue weighted by molar-refractivity contribution is 5.52. The van der Waals surface area contributed by atoms with E-state index >= 15 is 0 Å². The molecule has 0 amide bonds. The molecule has 0 atom stereocenters. The van der Waals surface area contributed by atoms with Crippen LogP contribution in [0.1, 0.15) is 31.2 Å². The van der Waals surface area contributed by atoms with E-state index in [1.165, 1.54) is 25.7 Å². The van der Waals surface area contributed by atoms with Crippen LogP contribution in [0.25, 0.3) is 6.08 Å². The first kappa shape index (κ1) is 10.9. The molecule has 0 aliphatic heterocycles. The maximum atomic E-state index is 10.5. The lowest BCUT2D eigenvalue weighted by Gasteiger charge is -2.00. The maximum absolute atomic E-state index is 10.5. The summed E-state index contributed by atoms with van der Waals surface area (Å²) in [5.74, 6) is 0.704. The van der Waals surface area contributed by atoms with Gasteiger partial charge in [0.2, 0.25) is 0 Å². The molecular weight excluding hydrogens is 202 g/mol. The molecule has 2 rings (SSSR count). The lowest BCUT2D eigenvalue weighted by molar-refractivity contribution is -0.384. The molecule has 1 aliphatic carbocycles. The number of non-ortho nitro benzene ring substituents is 1. The lowest BCUT2D eigenvalue weighted by Crippen LogP contribution is -1.87. The van der Waals surface area contributed by atoms with Gasteiger partial charge < -0.3 is 0 Å². The highest BCUT2D eigenvalue weighted by atomic mass is 16.6.